The molecule has 1 aromatic heterocycles. The molecule has 0 aliphatic carbocycles. The average molecular weight is 409 g/mol. The van der Waals surface area contributed by atoms with Crippen LogP contribution in [0.1, 0.15) is 42.9 Å². The Labute approximate surface area is 178 Å². The highest BCUT2D eigenvalue weighted by Crippen LogP contribution is 2.43. The number of amides is 1. The monoisotopic (exact) mass is 408 g/mol. The van der Waals surface area contributed by atoms with Crippen LogP contribution in [-0.2, 0) is 11.3 Å². The lowest BCUT2D eigenvalue weighted by Gasteiger charge is -2.49. The van der Waals surface area contributed by atoms with Crippen molar-refractivity contribution >= 4 is 11.5 Å². The number of nitrogens with zero attached hydrogens (tertiary/aromatic N) is 4. The molecule has 1 aromatic rings. The van der Waals surface area contributed by atoms with Crippen LogP contribution in [0.5, 0.6) is 0 Å². The first-order valence-corrected chi connectivity index (χ1v) is 11.6. The first kappa shape index (κ1) is 18.8. The summed E-state index contributed by atoms with van der Waals surface area (Å²) in [7, 11) is 4.38. The highest BCUT2D eigenvalue weighted by molar-refractivity contribution is 5.87. The fourth-order valence-corrected chi connectivity index (χ4v) is 7.18. The topological polar surface area (TPSA) is 48.8 Å². The van der Waals surface area contributed by atoms with Crippen molar-refractivity contribution in [1.29, 1.82) is 0 Å². The van der Waals surface area contributed by atoms with E-state index in [4.69, 9.17) is 0 Å². The zero-order valence-corrected chi connectivity index (χ0v) is 18.1. The maximum Gasteiger partial charge on any atom is 0.258 e. The summed E-state index contributed by atoms with van der Waals surface area (Å²) in [5.41, 5.74) is 4.56. The summed E-state index contributed by atoms with van der Waals surface area (Å²) in [4.78, 5) is 33.4. The van der Waals surface area contributed by atoms with Crippen LogP contribution >= 0.6 is 0 Å². The number of rotatable bonds is 1. The van der Waals surface area contributed by atoms with Crippen LogP contribution in [-0.4, -0.2) is 72.0 Å². The number of likely N-dealkylation sites (N-methyl/N-ethyl adjacent to an activating group) is 1. The molecule has 5 aliphatic heterocycles. The van der Waals surface area contributed by atoms with Crippen molar-refractivity contribution in [2.75, 3.05) is 46.8 Å². The van der Waals surface area contributed by atoms with Crippen molar-refractivity contribution < 1.29 is 4.79 Å². The van der Waals surface area contributed by atoms with E-state index >= 15 is 0 Å². The molecule has 0 saturated carbocycles. The van der Waals surface area contributed by atoms with E-state index in [0.29, 0.717) is 36.5 Å². The van der Waals surface area contributed by atoms with Gasteiger partial charge in [-0.15, -0.1) is 0 Å². The third kappa shape index (κ3) is 2.83. The van der Waals surface area contributed by atoms with Gasteiger partial charge < -0.3 is 19.3 Å². The molecular formula is C24H32N4O2. The Kier molecular flexibility index (Phi) is 4.26. The fourth-order valence-electron chi connectivity index (χ4n) is 7.18. The van der Waals surface area contributed by atoms with Gasteiger partial charge in [-0.25, -0.2) is 0 Å². The van der Waals surface area contributed by atoms with Crippen molar-refractivity contribution in [2.45, 2.75) is 38.1 Å². The average Bonchev–Trinajstić information content (AvgIpc) is 2.69. The number of carbonyl (C=O) groups is 1. The zero-order valence-electron chi connectivity index (χ0n) is 18.1. The number of fused-ring (bicyclic) bond motifs is 8. The molecule has 6 heteroatoms. The predicted octanol–water partition coefficient (Wildman–Crippen LogP) is 1.81. The van der Waals surface area contributed by atoms with E-state index in [-0.39, 0.29) is 11.5 Å². The smallest absolute Gasteiger partial charge is 0.258 e. The van der Waals surface area contributed by atoms with Crippen LogP contribution in [0.3, 0.4) is 0 Å². The second-order valence-electron chi connectivity index (χ2n) is 10.5. The molecule has 0 N–H and O–H groups in total. The molecule has 6 nitrogen and oxygen atoms in total. The van der Waals surface area contributed by atoms with Gasteiger partial charge in [0.1, 0.15) is 0 Å². The summed E-state index contributed by atoms with van der Waals surface area (Å²) in [6, 6.07) is 4.29. The molecule has 6 rings (SSSR count). The van der Waals surface area contributed by atoms with Gasteiger partial charge in [-0.05, 0) is 62.9 Å². The number of allylic oxidation sites excluding steroid dienone is 1. The minimum atomic E-state index is 0.176. The van der Waals surface area contributed by atoms with Gasteiger partial charge in [0.25, 0.3) is 5.56 Å². The normalized spacial score (nSPS) is 34.1. The molecule has 160 valence electrons. The molecule has 6 heterocycles. The molecule has 1 amide bonds. The van der Waals surface area contributed by atoms with E-state index in [1.807, 2.05) is 0 Å². The molecule has 5 aliphatic rings. The SMILES string of the molecule is CN1C[C@H]2C[C@@H](C1)C1=C(c3ccc4n(c3=O)C[C@@H]3C[C@H]4CN(C)C3)CCC(=O)N1C2. The van der Waals surface area contributed by atoms with Gasteiger partial charge in [0.2, 0.25) is 5.91 Å². The standard InChI is InChI=1S/C24H32N4O2/c1-25-9-15-7-17(13-25)21-5-3-20(24(30)27(21)11-15)19-4-6-22(29)28-12-16-8-18(23(19)28)14-26(2)10-16/h3,5,15-18H,4,6-14H2,1-2H3/t15-,16-,17+,18+/m1/s1. The Hall–Kier alpha value is -1.92. The van der Waals surface area contributed by atoms with Gasteiger partial charge in [-0.1, -0.05) is 0 Å². The summed E-state index contributed by atoms with van der Waals surface area (Å²) in [5, 5.41) is 0. The Morgan fingerprint density at radius 1 is 0.800 bits per heavy atom. The van der Waals surface area contributed by atoms with Crippen LogP contribution in [0.4, 0.5) is 0 Å². The Balaban J connectivity index is 1.46. The first-order valence-electron chi connectivity index (χ1n) is 11.6. The summed E-state index contributed by atoms with van der Waals surface area (Å²) < 4.78 is 2.08. The van der Waals surface area contributed by atoms with Crippen LogP contribution < -0.4 is 5.56 Å². The number of hydrogen-bond donors (Lipinski definition) is 0. The van der Waals surface area contributed by atoms with Crippen LogP contribution in [0, 0.1) is 17.8 Å². The van der Waals surface area contributed by atoms with Gasteiger partial charge in [-0.2, -0.15) is 0 Å². The Morgan fingerprint density at radius 3 is 2.30 bits per heavy atom. The molecule has 0 spiro atoms. The van der Waals surface area contributed by atoms with Crippen molar-refractivity contribution in [2.24, 2.45) is 17.8 Å². The van der Waals surface area contributed by atoms with Gasteiger partial charge >= 0.3 is 0 Å². The van der Waals surface area contributed by atoms with E-state index in [1.54, 1.807) is 0 Å². The van der Waals surface area contributed by atoms with Gasteiger partial charge in [-0.3, -0.25) is 9.59 Å². The first-order chi connectivity index (χ1) is 14.5. The minimum absolute atomic E-state index is 0.176. The van der Waals surface area contributed by atoms with Crippen LogP contribution in [0.15, 0.2) is 22.6 Å². The summed E-state index contributed by atoms with van der Waals surface area (Å²) in [6.45, 7) is 5.84. The molecule has 4 bridgehead atoms. The van der Waals surface area contributed by atoms with Crippen molar-refractivity contribution in [3.63, 3.8) is 0 Å². The number of aromatic nitrogens is 1. The van der Waals surface area contributed by atoms with Gasteiger partial charge in [0.15, 0.2) is 0 Å². The number of pyridine rings is 1. The number of hydrogen-bond acceptors (Lipinski definition) is 4. The second-order valence-corrected chi connectivity index (χ2v) is 10.5. The largest absolute Gasteiger partial charge is 0.315 e. The molecule has 30 heavy (non-hydrogen) atoms. The second kappa shape index (κ2) is 6.79. The number of piperidine rings is 3. The highest BCUT2D eigenvalue weighted by atomic mass is 16.2. The maximum atomic E-state index is 13.7. The van der Waals surface area contributed by atoms with E-state index < -0.39 is 0 Å². The van der Waals surface area contributed by atoms with Crippen molar-refractivity contribution in [1.82, 2.24) is 19.3 Å². The summed E-state index contributed by atoms with van der Waals surface area (Å²) in [5.74, 6) is 2.22. The molecular weight excluding hydrogens is 376 g/mol. The van der Waals surface area contributed by atoms with E-state index in [1.165, 1.54) is 17.8 Å². The molecule has 4 atom stereocenters. The van der Waals surface area contributed by atoms with Crippen LogP contribution in [0.2, 0.25) is 0 Å². The fraction of sp³-hybridized carbons (Fsp3) is 0.667. The highest BCUT2D eigenvalue weighted by Gasteiger charge is 2.42. The molecule has 0 unspecified atom stereocenters. The lowest BCUT2D eigenvalue weighted by molar-refractivity contribution is -0.132. The Bertz CT molecular complexity index is 993. The molecule has 0 aromatic carbocycles. The zero-order chi connectivity index (χ0) is 20.6. The molecule has 0 radical (unpaired) electrons. The third-order valence-corrected chi connectivity index (χ3v) is 8.15. The van der Waals surface area contributed by atoms with E-state index in [9.17, 15) is 9.59 Å². The van der Waals surface area contributed by atoms with Crippen LogP contribution in [0.25, 0.3) is 5.57 Å². The quantitative estimate of drug-likeness (QED) is 0.711. The van der Waals surface area contributed by atoms with Crippen molar-refractivity contribution in [3.8, 4) is 0 Å². The third-order valence-electron chi connectivity index (χ3n) is 8.15. The van der Waals surface area contributed by atoms with Gasteiger partial charge in [0, 0.05) is 74.5 Å². The lowest BCUT2D eigenvalue weighted by Crippen LogP contribution is -2.53. The summed E-state index contributed by atoms with van der Waals surface area (Å²) >= 11 is 0. The number of carbonyl (C=O) groups excluding carboxylic acids is 1. The summed E-state index contributed by atoms with van der Waals surface area (Å²) in [6.07, 6.45) is 3.59. The molecule has 3 saturated heterocycles. The van der Waals surface area contributed by atoms with Gasteiger partial charge in [0.05, 0.1) is 0 Å². The van der Waals surface area contributed by atoms with E-state index in [0.717, 1.165) is 56.8 Å². The minimum Gasteiger partial charge on any atom is -0.315 e. The van der Waals surface area contributed by atoms with E-state index in [2.05, 4.69) is 45.5 Å². The maximum absolute atomic E-state index is 13.7. The molecule has 3 fully saturated rings. The lowest BCUT2D eigenvalue weighted by atomic mass is 9.77. The van der Waals surface area contributed by atoms with Crippen molar-refractivity contribution in [3.05, 3.63) is 39.4 Å². The number of likely N-dealkylation sites (tertiary alicyclic amines) is 2. The Morgan fingerprint density at radius 2 is 1.50 bits per heavy atom. The predicted molar refractivity (Wildman–Crippen MR) is 116 cm³/mol.